The number of methoxy groups -OCH3 is 1. The normalized spacial score (nSPS) is 18.3. The van der Waals surface area contributed by atoms with Crippen molar-refractivity contribution in [3.63, 3.8) is 0 Å². The number of ether oxygens (including phenoxy) is 1. The van der Waals surface area contributed by atoms with Crippen molar-refractivity contribution in [2.24, 2.45) is 0 Å². The van der Waals surface area contributed by atoms with E-state index in [0.717, 1.165) is 17.7 Å². The lowest BCUT2D eigenvalue weighted by Crippen LogP contribution is -2.32. The molecule has 2 aromatic carbocycles. The van der Waals surface area contributed by atoms with Crippen LogP contribution in [-0.2, 0) is 10.0 Å². The van der Waals surface area contributed by atoms with Crippen molar-refractivity contribution in [3.8, 4) is 5.75 Å². The number of para-hydroxylation sites is 1. The zero-order valence-corrected chi connectivity index (χ0v) is 15.6. The van der Waals surface area contributed by atoms with Crippen LogP contribution < -0.4 is 10.1 Å². The lowest BCUT2D eigenvalue weighted by Gasteiger charge is -2.20. The van der Waals surface area contributed by atoms with Crippen molar-refractivity contribution in [1.82, 2.24) is 4.31 Å². The molecule has 1 aliphatic rings. The largest absolute Gasteiger partial charge is 0.496 e. The maximum Gasteiger partial charge on any atom is 0.243 e. The fraction of sp³-hybridized carbons (Fsp3) is 0.368. The molecule has 0 aromatic heterocycles. The van der Waals surface area contributed by atoms with Crippen LogP contribution in [-0.4, -0.2) is 39.0 Å². The summed E-state index contributed by atoms with van der Waals surface area (Å²) in [5, 5.41) is 3.41. The van der Waals surface area contributed by atoms with Gasteiger partial charge in [0.2, 0.25) is 10.0 Å². The monoisotopic (exact) mass is 360 g/mol. The van der Waals surface area contributed by atoms with Gasteiger partial charge in [-0.2, -0.15) is 4.31 Å². The van der Waals surface area contributed by atoms with Gasteiger partial charge in [-0.25, -0.2) is 8.42 Å². The molecule has 2 aromatic rings. The molecule has 1 saturated heterocycles. The standard InChI is InChI=1S/C19H24N2O3S/c1-14-12-19(15(2)11-18(14)24-3)25(22,23)21-10-9-17(13-21)20-16-7-5-4-6-8-16/h4-8,11-12,17,20H,9-10,13H2,1-3H3. The van der Waals surface area contributed by atoms with Crippen molar-refractivity contribution in [2.45, 2.75) is 31.2 Å². The molecule has 0 saturated carbocycles. The highest BCUT2D eigenvalue weighted by atomic mass is 32.2. The van der Waals surface area contributed by atoms with Crippen LogP contribution in [0, 0.1) is 13.8 Å². The molecule has 0 aliphatic carbocycles. The molecule has 0 amide bonds. The maximum atomic E-state index is 13.1. The first-order chi connectivity index (χ1) is 11.9. The molecular formula is C19H24N2O3S. The first-order valence-corrected chi connectivity index (χ1v) is 9.83. The molecule has 5 nitrogen and oxygen atoms in total. The zero-order chi connectivity index (χ0) is 18.0. The second kappa shape index (κ2) is 7.06. The van der Waals surface area contributed by atoms with Crippen molar-refractivity contribution in [3.05, 3.63) is 53.6 Å². The number of anilines is 1. The minimum atomic E-state index is -3.50. The Morgan fingerprint density at radius 1 is 1.12 bits per heavy atom. The smallest absolute Gasteiger partial charge is 0.243 e. The highest BCUT2D eigenvalue weighted by Crippen LogP contribution is 2.29. The van der Waals surface area contributed by atoms with Gasteiger partial charge in [0.05, 0.1) is 12.0 Å². The van der Waals surface area contributed by atoms with E-state index in [1.54, 1.807) is 23.5 Å². The first kappa shape index (κ1) is 17.8. The van der Waals surface area contributed by atoms with Crippen molar-refractivity contribution in [1.29, 1.82) is 0 Å². The number of rotatable bonds is 5. The Balaban J connectivity index is 1.79. The molecule has 0 radical (unpaired) electrons. The van der Waals surface area contributed by atoms with E-state index < -0.39 is 10.0 Å². The fourth-order valence-electron chi connectivity index (χ4n) is 3.23. The summed E-state index contributed by atoms with van der Waals surface area (Å²) in [5.41, 5.74) is 2.55. The van der Waals surface area contributed by atoms with Gasteiger partial charge in [-0.1, -0.05) is 18.2 Å². The second-order valence-corrected chi connectivity index (χ2v) is 8.35. The summed E-state index contributed by atoms with van der Waals surface area (Å²) in [7, 11) is -1.91. The van der Waals surface area contributed by atoms with E-state index >= 15 is 0 Å². The van der Waals surface area contributed by atoms with E-state index in [0.29, 0.717) is 29.3 Å². The number of aryl methyl sites for hydroxylation is 2. The molecule has 1 N–H and O–H groups in total. The number of sulfonamides is 1. The Bertz CT molecular complexity index is 850. The summed E-state index contributed by atoms with van der Waals surface area (Å²) in [6, 6.07) is 13.5. The van der Waals surface area contributed by atoms with E-state index in [9.17, 15) is 8.42 Å². The maximum absolute atomic E-state index is 13.1. The van der Waals surface area contributed by atoms with Crippen LogP contribution in [0.2, 0.25) is 0 Å². The Kier molecular flexibility index (Phi) is 5.01. The van der Waals surface area contributed by atoms with Crippen LogP contribution in [0.5, 0.6) is 5.75 Å². The van der Waals surface area contributed by atoms with Gasteiger partial charge in [-0.15, -0.1) is 0 Å². The van der Waals surface area contributed by atoms with Gasteiger partial charge < -0.3 is 10.1 Å². The molecule has 0 spiro atoms. The molecule has 1 atom stereocenters. The summed E-state index contributed by atoms with van der Waals surface area (Å²) in [6.45, 7) is 4.67. The number of hydrogen-bond acceptors (Lipinski definition) is 4. The topological polar surface area (TPSA) is 58.6 Å². The number of benzene rings is 2. The van der Waals surface area contributed by atoms with Crippen molar-refractivity contribution in [2.75, 3.05) is 25.5 Å². The average molecular weight is 360 g/mol. The minimum absolute atomic E-state index is 0.122. The zero-order valence-electron chi connectivity index (χ0n) is 14.8. The molecule has 3 rings (SSSR count). The Morgan fingerprint density at radius 2 is 1.84 bits per heavy atom. The summed E-state index contributed by atoms with van der Waals surface area (Å²) < 4.78 is 33.0. The molecule has 1 heterocycles. The second-order valence-electron chi connectivity index (χ2n) is 6.45. The van der Waals surface area contributed by atoms with E-state index in [-0.39, 0.29) is 6.04 Å². The van der Waals surface area contributed by atoms with Crippen LogP contribution in [0.1, 0.15) is 17.5 Å². The van der Waals surface area contributed by atoms with E-state index in [1.165, 1.54) is 0 Å². The summed E-state index contributed by atoms with van der Waals surface area (Å²) >= 11 is 0. The molecule has 25 heavy (non-hydrogen) atoms. The summed E-state index contributed by atoms with van der Waals surface area (Å²) in [5.74, 6) is 0.710. The molecule has 6 heteroatoms. The lowest BCUT2D eigenvalue weighted by atomic mass is 10.1. The third kappa shape index (κ3) is 3.65. The van der Waals surface area contributed by atoms with E-state index in [4.69, 9.17) is 4.74 Å². The van der Waals surface area contributed by atoms with Gasteiger partial charge in [0.1, 0.15) is 5.75 Å². The van der Waals surface area contributed by atoms with Gasteiger partial charge in [-0.3, -0.25) is 0 Å². The SMILES string of the molecule is COc1cc(C)c(S(=O)(=O)N2CCC(Nc3ccccc3)C2)cc1C. The van der Waals surface area contributed by atoms with E-state index in [1.807, 2.05) is 44.2 Å². The van der Waals surface area contributed by atoms with Gasteiger partial charge in [0.15, 0.2) is 0 Å². The Morgan fingerprint density at radius 3 is 2.52 bits per heavy atom. The molecule has 1 aliphatic heterocycles. The highest BCUT2D eigenvalue weighted by molar-refractivity contribution is 7.89. The Labute approximate surface area is 149 Å². The van der Waals surface area contributed by atoms with E-state index in [2.05, 4.69) is 5.32 Å². The summed E-state index contributed by atoms with van der Waals surface area (Å²) in [6.07, 6.45) is 0.794. The molecule has 134 valence electrons. The molecular weight excluding hydrogens is 336 g/mol. The van der Waals surface area contributed by atoms with Gasteiger partial charge >= 0.3 is 0 Å². The third-order valence-corrected chi connectivity index (χ3v) is 6.61. The highest BCUT2D eigenvalue weighted by Gasteiger charge is 2.33. The van der Waals surface area contributed by atoms with Crippen molar-refractivity contribution < 1.29 is 13.2 Å². The van der Waals surface area contributed by atoms with Crippen LogP contribution in [0.25, 0.3) is 0 Å². The van der Waals surface area contributed by atoms with Gasteiger partial charge in [0, 0.05) is 24.8 Å². The molecule has 0 bridgehead atoms. The van der Waals surface area contributed by atoms with Crippen LogP contribution >= 0.6 is 0 Å². The van der Waals surface area contributed by atoms with Crippen LogP contribution in [0.15, 0.2) is 47.4 Å². The number of hydrogen-bond donors (Lipinski definition) is 1. The third-order valence-electron chi connectivity index (χ3n) is 4.61. The Hall–Kier alpha value is -2.05. The number of nitrogens with one attached hydrogen (secondary N) is 1. The lowest BCUT2D eigenvalue weighted by molar-refractivity contribution is 0.410. The summed E-state index contributed by atoms with van der Waals surface area (Å²) in [4.78, 5) is 0.367. The van der Waals surface area contributed by atoms with Gasteiger partial charge in [-0.05, 0) is 55.7 Å². The molecule has 1 unspecified atom stereocenters. The first-order valence-electron chi connectivity index (χ1n) is 8.39. The fourth-order valence-corrected chi connectivity index (χ4v) is 5.03. The molecule has 1 fully saturated rings. The average Bonchev–Trinajstić information content (AvgIpc) is 3.06. The quantitative estimate of drug-likeness (QED) is 0.890. The van der Waals surface area contributed by atoms with Gasteiger partial charge in [0.25, 0.3) is 0 Å². The predicted molar refractivity (Wildman–Crippen MR) is 99.7 cm³/mol. The predicted octanol–water partition coefficient (Wildman–Crippen LogP) is 3.19. The van der Waals surface area contributed by atoms with Crippen LogP contribution in [0.4, 0.5) is 5.69 Å². The number of nitrogens with zero attached hydrogens (tertiary/aromatic N) is 1. The van der Waals surface area contributed by atoms with Crippen molar-refractivity contribution >= 4 is 15.7 Å². The van der Waals surface area contributed by atoms with Crippen LogP contribution in [0.3, 0.4) is 0 Å². The minimum Gasteiger partial charge on any atom is -0.496 e.